The van der Waals surface area contributed by atoms with Gasteiger partial charge in [-0.15, -0.1) is 0 Å². The first-order valence-electron chi connectivity index (χ1n) is 31.8. The zero-order valence-corrected chi connectivity index (χ0v) is 56.7. The lowest BCUT2D eigenvalue weighted by Crippen LogP contribution is -2.60. The number of likely N-dealkylation sites (N-methyl/N-ethyl adjacent to an activating group) is 1. The molecule has 7 aliphatic rings. The van der Waals surface area contributed by atoms with Crippen molar-refractivity contribution in [1.82, 2.24) is 36.8 Å². The van der Waals surface area contributed by atoms with E-state index in [9.17, 15) is 69.9 Å². The number of hydrogen-bond donors (Lipinski definition) is 17. The third-order valence-electron chi connectivity index (χ3n) is 17.8. The molecule has 0 aliphatic carbocycles. The van der Waals surface area contributed by atoms with E-state index in [0.717, 1.165) is 60.7 Å². The fraction of sp³-hybridized carbons (Fsp3) is 0.418. The van der Waals surface area contributed by atoms with Crippen molar-refractivity contribution in [3.63, 3.8) is 0 Å². The van der Waals surface area contributed by atoms with Gasteiger partial charge in [-0.05, 0) is 117 Å². The molecule has 0 spiro atoms. The van der Waals surface area contributed by atoms with E-state index >= 15 is 19.2 Å². The van der Waals surface area contributed by atoms with E-state index in [2.05, 4.69) is 31.9 Å². The van der Waals surface area contributed by atoms with Crippen molar-refractivity contribution in [3.05, 3.63) is 117 Å². The molecule has 0 radical (unpaired) electrons. The SMILES string of the molecule is CC(C)C[C@H](C(=O)N[C@H]1C(=O)NC(CC(N)=O)C(=O)N[C@H]2C(=O)N[C@H]3C(=O)N[C@H](C(=O)N[C@@H](C(=O)O)c4cc(O)cc(O)c4-c4cc3ccc4O)[C@H](O[C@H]3C[C@](C)(N)C(=O)[C@H](C)O3)c3ccc(c(Cl)c3)Oc3cc2cc(c3O[C@@H]2O[C@H](CO)[C@@H](O)[C@H](O)[C@H]2O)Oc2ccc(cc2Cl)[C@H]1O)N(C)C. The number of aliphatic carboxylic acids is 1. The molecule has 102 heavy (non-hydrogen) atoms. The van der Waals surface area contributed by atoms with E-state index < -0.39 is 243 Å². The summed E-state index contributed by atoms with van der Waals surface area (Å²) >= 11 is 14.2. The Hall–Kier alpha value is -9.49. The third kappa shape index (κ3) is 15.8. The average molecular weight is 1460 g/mol. The summed E-state index contributed by atoms with van der Waals surface area (Å²) in [6.45, 7) is 5.44. The maximum Gasteiger partial charge on any atom is 0.330 e. The van der Waals surface area contributed by atoms with Gasteiger partial charge >= 0.3 is 5.97 Å². The lowest BCUT2D eigenvalue weighted by Gasteiger charge is -2.40. The molecule has 2 fully saturated rings. The van der Waals surface area contributed by atoms with Crippen LogP contribution in [0.5, 0.6) is 46.0 Å². The number of carboxylic acid groups (broad SMARTS) is 1. The molecule has 0 aromatic heterocycles. The number of rotatable bonds is 13. The van der Waals surface area contributed by atoms with E-state index in [-0.39, 0.29) is 39.8 Å². The highest BCUT2D eigenvalue weighted by Gasteiger charge is 2.49. The monoisotopic (exact) mass is 1460 g/mol. The van der Waals surface area contributed by atoms with Crippen molar-refractivity contribution in [2.24, 2.45) is 17.4 Å². The van der Waals surface area contributed by atoms with Crippen molar-refractivity contribution in [1.29, 1.82) is 0 Å². The van der Waals surface area contributed by atoms with Crippen molar-refractivity contribution in [3.8, 4) is 57.1 Å². The van der Waals surface area contributed by atoms with E-state index in [4.69, 9.17) is 63.1 Å². The second-order valence-electron chi connectivity index (χ2n) is 26.1. The van der Waals surface area contributed by atoms with Crippen LogP contribution in [0.2, 0.25) is 10.0 Å². The number of nitrogens with one attached hydrogen (secondary N) is 6. The van der Waals surface area contributed by atoms with Gasteiger partial charge in [-0.1, -0.05) is 55.2 Å². The molecule has 11 bridgehead atoms. The number of fused-ring (bicyclic) bond motifs is 15. The van der Waals surface area contributed by atoms with Gasteiger partial charge in [0.05, 0.1) is 34.7 Å². The summed E-state index contributed by atoms with van der Waals surface area (Å²) in [5.74, 6) is -16.6. The Bertz CT molecular complexity index is 4160. The number of amides is 7. The van der Waals surface area contributed by atoms with Crippen LogP contribution in [0, 0.1) is 5.92 Å². The van der Waals surface area contributed by atoms with Crippen LogP contribution in [0.15, 0.2) is 78.9 Å². The topological polar surface area (TPSA) is 519 Å². The van der Waals surface area contributed by atoms with Gasteiger partial charge in [0.15, 0.2) is 29.6 Å². The summed E-state index contributed by atoms with van der Waals surface area (Å²) in [6.07, 6.45) is -18.1. The maximum atomic E-state index is 16.1. The van der Waals surface area contributed by atoms with Gasteiger partial charge in [0.2, 0.25) is 53.4 Å². The largest absolute Gasteiger partial charge is 0.508 e. The Labute approximate surface area is 590 Å². The second-order valence-corrected chi connectivity index (χ2v) is 26.9. The number of phenols is 3. The zero-order valence-electron chi connectivity index (χ0n) is 55.2. The first kappa shape index (κ1) is 75.2. The number of aliphatic hydroxyl groups is 5. The van der Waals surface area contributed by atoms with Gasteiger partial charge in [-0.25, -0.2) is 4.79 Å². The Morgan fingerprint density at radius 1 is 0.716 bits per heavy atom. The molecule has 5 aromatic carbocycles. The summed E-state index contributed by atoms with van der Waals surface area (Å²) < 4.78 is 37.8. The smallest absolute Gasteiger partial charge is 0.330 e. The summed E-state index contributed by atoms with van der Waals surface area (Å²) in [7, 11) is 3.19. The molecular formula is C67H75Cl2N9O24. The number of halogens is 2. The van der Waals surface area contributed by atoms with Crippen LogP contribution in [0.3, 0.4) is 0 Å². The summed E-state index contributed by atoms with van der Waals surface area (Å²) in [5.41, 5.74) is 7.82. The molecule has 7 aliphatic heterocycles. The summed E-state index contributed by atoms with van der Waals surface area (Å²) in [4.78, 5) is 134. The predicted molar refractivity (Wildman–Crippen MR) is 353 cm³/mol. The van der Waals surface area contributed by atoms with E-state index in [0.29, 0.717) is 0 Å². The van der Waals surface area contributed by atoms with Gasteiger partial charge in [0, 0.05) is 29.2 Å². The molecule has 1 unspecified atom stereocenters. The number of ether oxygens (including phenoxy) is 6. The number of carbonyl (C=O) groups is 9. The van der Waals surface area contributed by atoms with Crippen LogP contribution in [-0.4, -0.2) is 197 Å². The number of primary amides is 1. The van der Waals surface area contributed by atoms with Gasteiger partial charge in [0.1, 0.15) is 102 Å². The average Bonchev–Trinajstić information content (AvgIpc) is 0.764. The highest BCUT2D eigenvalue weighted by Crippen LogP contribution is 2.50. The molecule has 546 valence electrons. The molecule has 19 N–H and O–H groups in total. The number of ketones is 1. The fourth-order valence-corrected chi connectivity index (χ4v) is 13.0. The maximum absolute atomic E-state index is 16.1. The first-order chi connectivity index (χ1) is 48.0. The molecule has 17 atom stereocenters. The first-order valence-corrected chi connectivity index (χ1v) is 32.6. The highest BCUT2D eigenvalue weighted by molar-refractivity contribution is 6.32. The normalized spacial score (nSPS) is 28.6. The number of nitrogens with two attached hydrogens (primary N) is 2. The molecule has 33 nitrogen and oxygen atoms in total. The Morgan fingerprint density at radius 3 is 1.92 bits per heavy atom. The lowest BCUT2D eigenvalue weighted by molar-refractivity contribution is -0.277. The minimum absolute atomic E-state index is 0.0929. The molecule has 12 rings (SSSR count). The molecular weight excluding hydrogens is 1390 g/mol. The Kier molecular flexibility index (Phi) is 22.3. The van der Waals surface area contributed by atoms with Crippen LogP contribution >= 0.6 is 23.2 Å². The second kappa shape index (κ2) is 30.2. The number of aliphatic hydroxyl groups excluding tert-OH is 5. The van der Waals surface area contributed by atoms with Crippen LogP contribution in [-0.2, 0) is 57.4 Å². The minimum atomic E-state index is -2.35. The van der Waals surface area contributed by atoms with Gasteiger partial charge in [-0.3, -0.25) is 43.3 Å². The van der Waals surface area contributed by atoms with Gasteiger partial charge in [-0.2, -0.15) is 0 Å². The van der Waals surface area contributed by atoms with E-state index in [1.807, 2.05) is 13.8 Å². The number of carbonyl (C=O) groups excluding carboxylic acids is 8. The number of phenolic OH excluding ortho intramolecular Hbond substituents is 3. The molecule has 7 amide bonds. The third-order valence-corrected chi connectivity index (χ3v) is 18.4. The number of nitrogens with zero attached hydrogens (tertiary/aromatic N) is 1. The van der Waals surface area contributed by atoms with Crippen molar-refractivity contribution < 1.29 is 118 Å². The van der Waals surface area contributed by atoms with Crippen LogP contribution < -0.4 is 57.6 Å². The molecule has 2 saturated heterocycles. The van der Waals surface area contributed by atoms with E-state index in [1.165, 1.54) is 32.0 Å². The van der Waals surface area contributed by atoms with Crippen LogP contribution in [0.25, 0.3) is 11.1 Å². The van der Waals surface area contributed by atoms with E-state index in [1.54, 1.807) is 19.0 Å². The van der Waals surface area contributed by atoms with Crippen molar-refractivity contribution in [2.45, 2.75) is 150 Å². The minimum Gasteiger partial charge on any atom is -0.508 e. The van der Waals surface area contributed by atoms with Crippen molar-refractivity contribution >= 4 is 76.3 Å². The molecule has 7 heterocycles. The van der Waals surface area contributed by atoms with Crippen LogP contribution in [0.1, 0.15) is 105 Å². The molecule has 35 heteroatoms. The number of aromatic hydroxyl groups is 3. The predicted octanol–water partition coefficient (Wildman–Crippen LogP) is 0.657. The number of carboxylic acids is 1. The van der Waals surface area contributed by atoms with Crippen molar-refractivity contribution in [2.75, 3.05) is 20.7 Å². The molecule has 0 saturated carbocycles. The van der Waals surface area contributed by atoms with Gasteiger partial charge < -0.3 is 118 Å². The Balaban J connectivity index is 1.26. The zero-order chi connectivity index (χ0) is 74.4. The number of hydrogen-bond acceptors (Lipinski definition) is 25. The Morgan fingerprint density at radius 2 is 1.32 bits per heavy atom. The quantitative estimate of drug-likeness (QED) is 0.0770. The van der Waals surface area contributed by atoms with Gasteiger partial charge in [0.25, 0.3) is 0 Å². The van der Waals surface area contributed by atoms with Crippen LogP contribution in [0.4, 0.5) is 0 Å². The summed E-state index contributed by atoms with van der Waals surface area (Å²) in [6, 6.07) is -0.470. The standard InChI is InChI=1S/C67H75Cl2N9O24/c1-24(2)13-36(78(5)6)60(90)76-50-52(84)27-8-11-39(33(68)15-27)98-41-17-29-18-42(57(41)102-66-55(87)54(86)53(85)43(23-79)100-66)99-40-12-9-28(16-34(40)69)56(101-45-22-67(4,71)58(88)25(3)97-45)51-64(94)75-49(65(95)96)32-19-30(80)20-38(82)46(32)31-14-26(7-10-37(31)81)47(61(91)77-51)74-62(92)48(29)73-59(89)35(21-44(70)83)72-63(50)93/h7-12,14-20,24-25,35-36,43,45,47-56,66,79-82,84-87H,13,21-23,71H2,1-6H3,(H2,70,83)(H,72,93)(H,73,89)(H,74,92)(H,75,94)(H,76,90)(H,77,91)(H,95,96)/t25-,35?,36+,43+,45-,47+,48+,49+,50+,51-,52+,53+,54-,55+,56+,66-,67-/m0/s1. The number of benzene rings is 5. The molecule has 5 aromatic rings. The lowest BCUT2D eigenvalue weighted by atomic mass is 9.88. The fourth-order valence-electron chi connectivity index (χ4n) is 12.5. The number of Topliss-reactive ketones (excluding diaryl/α,β-unsaturated/α-hetero) is 1. The highest BCUT2D eigenvalue weighted by atomic mass is 35.5. The summed E-state index contributed by atoms with van der Waals surface area (Å²) in [5, 5.41) is 115.